The molecule has 22 heavy (non-hydrogen) atoms. The van der Waals surface area contributed by atoms with Gasteiger partial charge >= 0.3 is 0 Å². The van der Waals surface area contributed by atoms with Gasteiger partial charge in [-0.2, -0.15) is 0 Å². The van der Waals surface area contributed by atoms with Gasteiger partial charge in [0.2, 0.25) is 5.91 Å². The van der Waals surface area contributed by atoms with Crippen LogP contribution in [0.1, 0.15) is 5.56 Å². The lowest BCUT2D eigenvalue weighted by Crippen LogP contribution is -2.55. The summed E-state index contributed by atoms with van der Waals surface area (Å²) in [5, 5.41) is 9.41. The molecule has 2 aromatic carbocycles. The van der Waals surface area contributed by atoms with Gasteiger partial charge in [-0.15, -0.1) is 0 Å². The van der Waals surface area contributed by atoms with Crippen molar-refractivity contribution in [1.29, 1.82) is 0 Å². The van der Waals surface area contributed by atoms with E-state index in [-0.39, 0.29) is 11.9 Å². The molecule has 1 aliphatic rings. The zero-order chi connectivity index (χ0) is 15.2. The minimum atomic E-state index is -0.127. The second-order valence-corrected chi connectivity index (χ2v) is 5.49. The maximum atomic E-state index is 12.0. The first-order valence-corrected chi connectivity index (χ1v) is 7.69. The minimum Gasteiger partial charge on any atom is -0.351 e. The molecule has 1 fully saturated rings. The highest BCUT2D eigenvalue weighted by Crippen LogP contribution is 2.19. The summed E-state index contributed by atoms with van der Waals surface area (Å²) >= 11 is 0. The zero-order valence-electron chi connectivity index (χ0n) is 12.5. The van der Waals surface area contributed by atoms with Gasteiger partial charge in [0.25, 0.3) is 0 Å². The molecule has 4 heteroatoms. The van der Waals surface area contributed by atoms with Gasteiger partial charge < -0.3 is 16.0 Å². The molecule has 3 N–H and O–H groups in total. The lowest BCUT2D eigenvalue weighted by Gasteiger charge is -2.23. The van der Waals surface area contributed by atoms with Crippen molar-refractivity contribution in [2.24, 2.45) is 0 Å². The van der Waals surface area contributed by atoms with Crippen LogP contribution in [0.15, 0.2) is 54.6 Å². The van der Waals surface area contributed by atoms with Crippen LogP contribution in [-0.4, -0.2) is 31.6 Å². The van der Waals surface area contributed by atoms with E-state index in [0.29, 0.717) is 13.1 Å². The number of rotatable bonds is 4. The summed E-state index contributed by atoms with van der Waals surface area (Å²) < 4.78 is 0. The van der Waals surface area contributed by atoms with Crippen molar-refractivity contribution in [2.75, 3.05) is 19.6 Å². The fourth-order valence-corrected chi connectivity index (χ4v) is 2.60. The van der Waals surface area contributed by atoms with E-state index in [0.717, 1.165) is 18.7 Å². The fourth-order valence-electron chi connectivity index (χ4n) is 2.60. The first-order valence-electron chi connectivity index (χ1n) is 7.69. The van der Waals surface area contributed by atoms with Gasteiger partial charge in [0.1, 0.15) is 0 Å². The van der Waals surface area contributed by atoms with Gasteiger partial charge in [0.05, 0.1) is 6.04 Å². The average Bonchev–Trinajstić information content (AvgIpc) is 2.61. The molecule has 1 saturated heterocycles. The first-order chi connectivity index (χ1) is 10.8. The van der Waals surface area contributed by atoms with E-state index >= 15 is 0 Å². The van der Waals surface area contributed by atoms with Crippen molar-refractivity contribution in [2.45, 2.75) is 12.6 Å². The van der Waals surface area contributed by atoms with Crippen LogP contribution >= 0.6 is 0 Å². The van der Waals surface area contributed by atoms with Gasteiger partial charge in [-0.25, -0.2) is 0 Å². The van der Waals surface area contributed by atoms with Crippen LogP contribution in [0.25, 0.3) is 11.1 Å². The minimum absolute atomic E-state index is 0.0549. The number of hydrogen-bond donors (Lipinski definition) is 3. The second-order valence-electron chi connectivity index (χ2n) is 5.49. The number of benzene rings is 2. The van der Waals surface area contributed by atoms with Crippen molar-refractivity contribution in [3.63, 3.8) is 0 Å². The molecule has 1 amide bonds. The molecule has 0 aromatic heterocycles. The third-order valence-corrected chi connectivity index (χ3v) is 3.89. The smallest absolute Gasteiger partial charge is 0.238 e. The molecule has 0 aliphatic carbocycles. The Kier molecular flexibility index (Phi) is 4.83. The third-order valence-electron chi connectivity index (χ3n) is 3.89. The molecular weight excluding hydrogens is 274 g/mol. The number of nitrogens with one attached hydrogen (secondary N) is 3. The number of carbonyl (C=O) groups is 1. The van der Waals surface area contributed by atoms with Gasteiger partial charge in [0, 0.05) is 26.2 Å². The monoisotopic (exact) mass is 295 g/mol. The Morgan fingerprint density at radius 3 is 2.41 bits per heavy atom. The van der Waals surface area contributed by atoms with Crippen molar-refractivity contribution in [1.82, 2.24) is 16.0 Å². The zero-order valence-corrected chi connectivity index (χ0v) is 12.5. The Morgan fingerprint density at radius 1 is 1.00 bits per heavy atom. The van der Waals surface area contributed by atoms with E-state index < -0.39 is 0 Å². The number of piperazine rings is 1. The standard InChI is InChI=1S/C18H21N3O/c22-18(17-13-19-10-11-20-17)21-12-14-6-8-16(9-7-14)15-4-2-1-3-5-15/h1-9,17,19-20H,10-13H2,(H,21,22). The van der Waals surface area contributed by atoms with E-state index in [1.54, 1.807) is 0 Å². The van der Waals surface area contributed by atoms with Crippen LogP contribution < -0.4 is 16.0 Å². The molecule has 1 aliphatic heterocycles. The summed E-state index contributed by atoms with van der Waals surface area (Å²) in [4.78, 5) is 12.0. The highest BCUT2D eigenvalue weighted by atomic mass is 16.2. The van der Waals surface area contributed by atoms with Crippen molar-refractivity contribution in [3.05, 3.63) is 60.2 Å². The van der Waals surface area contributed by atoms with Crippen LogP contribution in [0.4, 0.5) is 0 Å². The first kappa shape index (κ1) is 14.8. The summed E-state index contributed by atoms with van der Waals surface area (Å²) in [6, 6.07) is 18.5. The molecule has 0 saturated carbocycles. The molecule has 0 bridgehead atoms. The summed E-state index contributed by atoms with van der Waals surface area (Å²) in [6.07, 6.45) is 0. The van der Waals surface area contributed by atoms with E-state index in [4.69, 9.17) is 0 Å². The molecular formula is C18H21N3O. The van der Waals surface area contributed by atoms with Crippen molar-refractivity contribution >= 4 is 5.91 Å². The third kappa shape index (κ3) is 3.72. The molecule has 1 heterocycles. The molecule has 4 nitrogen and oxygen atoms in total. The van der Waals surface area contributed by atoms with E-state index in [1.165, 1.54) is 11.1 Å². The van der Waals surface area contributed by atoms with Gasteiger partial charge in [-0.1, -0.05) is 54.6 Å². The largest absolute Gasteiger partial charge is 0.351 e. The van der Waals surface area contributed by atoms with Crippen LogP contribution in [0.5, 0.6) is 0 Å². The maximum absolute atomic E-state index is 12.0. The van der Waals surface area contributed by atoms with Gasteiger partial charge in [0.15, 0.2) is 0 Å². The molecule has 114 valence electrons. The number of amides is 1. The Bertz CT molecular complexity index is 604. The highest BCUT2D eigenvalue weighted by Gasteiger charge is 2.19. The summed E-state index contributed by atoms with van der Waals surface area (Å²) in [6.45, 7) is 3.01. The average molecular weight is 295 g/mol. The Balaban J connectivity index is 1.56. The Hall–Kier alpha value is -2.17. The molecule has 2 aromatic rings. The number of hydrogen-bond acceptors (Lipinski definition) is 3. The predicted octanol–water partition coefficient (Wildman–Crippen LogP) is 1.53. The fraction of sp³-hybridized carbons (Fsp3) is 0.278. The molecule has 1 unspecified atom stereocenters. The van der Waals surface area contributed by atoms with Crippen molar-refractivity contribution < 1.29 is 4.79 Å². The maximum Gasteiger partial charge on any atom is 0.238 e. The van der Waals surface area contributed by atoms with E-state index in [1.807, 2.05) is 18.2 Å². The summed E-state index contributed by atoms with van der Waals surface area (Å²) in [7, 11) is 0. The molecule has 0 radical (unpaired) electrons. The topological polar surface area (TPSA) is 53.2 Å². The highest BCUT2D eigenvalue weighted by molar-refractivity contribution is 5.82. The summed E-state index contributed by atoms with van der Waals surface area (Å²) in [5.74, 6) is 0.0549. The molecule has 1 atom stereocenters. The van der Waals surface area contributed by atoms with E-state index in [9.17, 15) is 4.79 Å². The van der Waals surface area contributed by atoms with Crippen LogP contribution in [0, 0.1) is 0 Å². The van der Waals surface area contributed by atoms with Crippen molar-refractivity contribution in [3.8, 4) is 11.1 Å². The lowest BCUT2D eigenvalue weighted by atomic mass is 10.0. The Morgan fingerprint density at radius 2 is 1.73 bits per heavy atom. The van der Waals surface area contributed by atoms with Crippen LogP contribution in [0.2, 0.25) is 0 Å². The Labute approximate surface area is 130 Å². The van der Waals surface area contributed by atoms with Crippen LogP contribution in [0.3, 0.4) is 0 Å². The molecule has 0 spiro atoms. The van der Waals surface area contributed by atoms with Crippen LogP contribution in [-0.2, 0) is 11.3 Å². The lowest BCUT2D eigenvalue weighted by molar-refractivity contribution is -0.123. The predicted molar refractivity (Wildman–Crippen MR) is 88.4 cm³/mol. The quantitative estimate of drug-likeness (QED) is 0.802. The molecule has 3 rings (SSSR count). The second kappa shape index (κ2) is 7.20. The normalized spacial score (nSPS) is 17.9. The SMILES string of the molecule is O=C(NCc1ccc(-c2ccccc2)cc1)C1CNCCN1. The summed E-state index contributed by atoms with van der Waals surface area (Å²) in [5.41, 5.74) is 3.50. The number of carbonyl (C=O) groups excluding carboxylic acids is 1. The van der Waals surface area contributed by atoms with Gasteiger partial charge in [-0.05, 0) is 16.7 Å². The van der Waals surface area contributed by atoms with Gasteiger partial charge in [-0.3, -0.25) is 4.79 Å². The van der Waals surface area contributed by atoms with E-state index in [2.05, 4.69) is 52.3 Å².